The molecule has 4 rings (SSSR count). The number of rotatable bonds is 11. The van der Waals surface area contributed by atoms with E-state index in [1.807, 2.05) is 42.7 Å². The monoisotopic (exact) mass is 583 g/mol. The number of ether oxygens (including phenoxy) is 1. The second-order valence-electron chi connectivity index (χ2n) is 10.8. The Morgan fingerprint density at radius 1 is 1.23 bits per heavy atom. The topological polar surface area (TPSA) is 119 Å². The fourth-order valence-corrected chi connectivity index (χ4v) is 5.86. The number of amides is 1. The summed E-state index contributed by atoms with van der Waals surface area (Å²) < 4.78 is 7.57. The van der Waals surface area contributed by atoms with E-state index in [2.05, 4.69) is 48.5 Å². The molecule has 1 aliphatic heterocycles. The number of fused-ring (bicyclic) bond motifs is 3. The van der Waals surface area contributed by atoms with Gasteiger partial charge in [0.25, 0.3) is 0 Å². The summed E-state index contributed by atoms with van der Waals surface area (Å²) in [7, 11) is 0. The second kappa shape index (κ2) is 12.5. The van der Waals surface area contributed by atoms with E-state index in [0.29, 0.717) is 36.3 Å². The molecule has 1 aromatic carbocycles. The van der Waals surface area contributed by atoms with E-state index >= 15 is 0 Å². The summed E-state index contributed by atoms with van der Waals surface area (Å²) in [6, 6.07) is 7.09. The van der Waals surface area contributed by atoms with Crippen LogP contribution in [-0.2, 0) is 9.53 Å². The van der Waals surface area contributed by atoms with Crippen LogP contribution >= 0.6 is 22.9 Å². The zero-order chi connectivity index (χ0) is 29.0. The van der Waals surface area contributed by atoms with Crippen LogP contribution in [0.1, 0.15) is 66.5 Å². The van der Waals surface area contributed by atoms with E-state index in [4.69, 9.17) is 27.1 Å². The van der Waals surface area contributed by atoms with Crippen molar-refractivity contribution < 1.29 is 9.53 Å². The molecular weight excluding hydrogens is 546 g/mol. The predicted molar refractivity (Wildman–Crippen MR) is 161 cm³/mol. The fourth-order valence-electron chi connectivity index (χ4n) is 4.52. The summed E-state index contributed by atoms with van der Waals surface area (Å²) in [5, 5.41) is 16.6. The van der Waals surface area contributed by atoms with Crippen molar-refractivity contribution in [1.82, 2.24) is 25.4 Å². The number of nitrogens with two attached hydrogens (primary N) is 1. The first kappa shape index (κ1) is 29.8. The van der Waals surface area contributed by atoms with Gasteiger partial charge in [0.05, 0.1) is 25.3 Å². The van der Waals surface area contributed by atoms with Gasteiger partial charge >= 0.3 is 0 Å². The quantitative estimate of drug-likeness (QED) is 0.299. The number of carbonyl (C=O) groups is 1. The van der Waals surface area contributed by atoms with Crippen LogP contribution in [0, 0.1) is 26.2 Å². The lowest BCUT2D eigenvalue weighted by atomic mass is 9.95. The van der Waals surface area contributed by atoms with Crippen LogP contribution in [0.3, 0.4) is 0 Å². The minimum Gasteiger partial charge on any atom is -0.399 e. The SMILES string of the molecule is CCOCC(C)(C)CN/C=C(\N)CNC(=O)C[C@@H]1N=C(c2ccc(Cl)cc2)c2c(sc(C)c2C)-n2c(C)nnc21. The van der Waals surface area contributed by atoms with Crippen LogP contribution in [0.25, 0.3) is 5.00 Å². The Balaban J connectivity index is 1.55. The van der Waals surface area contributed by atoms with Gasteiger partial charge in [-0.2, -0.15) is 0 Å². The summed E-state index contributed by atoms with van der Waals surface area (Å²) in [5.74, 6) is 1.21. The van der Waals surface area contributed by atoms with E-state index in [-0.39, 0.29) is 24.3 Å². The first-order valence-corrected chi connectivity index (χ1v) is 14.6. The maximum atomic E-state index is 13.1. The number of aromatic nitrogens is 3. The third-order valence-electron chi connectivity index (χ3n) is 6.79. The molecule has 4 N–H and O–H groups in total. The minimum absolute atomic E-state index is 0.0396. The Morgan fingerprint density at radius 2 is 1.95 bits per heavy atom. The molecule has 0 spiro atoms. The summed E-state index contributed by atoms with van der Waals surface area (Å²) in [6.45, 7) is 14.6. The zero-order valence-electron chi connectivity index (χ0n) is 24.0. The molecule has 1 amide bonds. The van der Waals surface area contributed by atoms with E-state index in [0.717, 1.165) is 33.2 Å². The molecule has 3 heterocycles. The van der Waals surface area contributed by atoms with Crippen molar-refractivity contribution in [2.75, 3.05) is 26.3 Å². The summed E-state index contributed by atoms with van der Waals surface area (Å²) in [5.41, 5.74) is 10.6. The highest BCUT2D eigenvalue weighted by Crippen LogP contribution is 2.39. The van der Waals surface area contributed by atoms with Crippen molar-refractivity contribution >= 4 is 34.6 Å². The smallest absolute Gasteiger partial charge is 0.222 e. The summed E-state index contributed by atoms with van der Waals surface area (Å²) >= 11 is 7.87. The van der Waals surface area contributed by atoms with Crippen molar-refractivity contribution in [3.63, 3.8) is 0 Å². The largest absolute Gasteiger partial charge is 0.399 e. The fraction of sp³-hybridized carbons (Fsp3) is 0.448. The van der Waals surface area contributed by atoms with Crippen LogP contribution in [0.15, 0.2) is 41.2 Å². The van der Waals surface area contributed by atoms with Crippen molar-refractivity contribution in [2.24, 2.45) is 16.1 Å². The first-order valence-electron chi connectivity index (χ1n) is 13.4. The van der Waals surface area contributed by atoms with Gasteiger partial charge in [-0.25, -0.2) is 0 Å². The van der Waals surface area contributed by atoms with E-state index in [1.54, 1.807) is 17.5 Å². The van der Waals surface area contributed by atoms with Gasteiger partial charge in [-0.05, 0) is 45.4 Å². The lowest BCUT2D eigenvalue weighted by molar-refractivity contribution is -0.121. The third-order valence-corrected chi connectivity index (χ3v) is 8.23. The molecule has 40 heavy (non-hydrogen) atoms. The molecule has 1 aliphatic rings. The molecular formula is C29H38ClN7O2S. The molecule has 0 unspecified atom stereocenters. The number of thiophene rings is 1. The average Bonchev–Trinajstić information content (AvgIpc) is 3.38. The van der Waals surface area contributed by atoms with Gasteiger partial charge in [0.2, 0.25) is 5.91 Å². The number of aliphatic imine (C=N–C) groups is 1. The molecule has 0 aliphatic carbocycles. The van der Waals surface area contributed by atoms with E-state index in [9.17, 15) is 4.79 Å². The molecule has 2 aromatic heterocycles. The molecule has 214 valence electrons. The maximum Gasteiger partial charge on any atom is 0.222 e. The molecule has 0 bridgehead atoms. The van der Waals surface area contributed by atoms with Gasteiger partial charge < -0.3 is 21.1 Å². The summed E-state index contributed by atoms with van der Waals surface area (Å²) in [6.07, 6.45) is 1.84. The molecule has 1 atom stereocenters. The minimum atomic E-state index is -0.533. The molecule has 0 fully saturated rings. The number of halogens is 1. The van der Waals surface area contributed by atoms with Gasteiger partial charge in [0.1, 0.15) is 16.9 Å². The number of nitrogens with zero attached hydrogens (tertiary/aromatic N) is 4. The summed E-state index contributed by atoms with van der Waals surface area (Å²) in [4.78, 5) is 19.5. The Hall–Kier alpha value is -3.21. The highest BCUT2D eigenvalue weighted by molar-refractivity contribution is 7.15. The van der Waals surface area contributed by atoms with Crippen LogP contribution in [0.4, 0.5) is 0 Å². The number of nitrogens with one attached hydrogen (secondary N) is 2. The van der Waals surface area contributed by atoms with Crippen LogP contribution in [0.2, 0.25) is 5.02 Å². The van der Waals surface area contributed by atoms with Gasteiger partial charge in [-0.15, -0.1) is 21.5 Å². The molecule has 0 saturated carbocycles. The van der Waals surface area contributed by atoms with Crippen molar-refractivity contribution in [1.29, 1.82) is 0 Å². The molecule has 3 aromatic rings. The van der Waals surface area contributed by atoms with Crippen molar-refractivity contribution in [3.05, 3.63) is 74.4 Å². The van der Waals surface area contributed by atoms with Gasteiger partial charge in [-0.1, -0.05) is 37.6 Å². The zero-order valence-corrected chi connectivity index (χ0v) is 25.5. The molecule has 0 radical (unpaired) electrons. The Morgan fingerprint density at radius 3 is 2.65 bits per heavy atom. The second-order valence-corrected chi connectivity index (χ2v) is 12.4. The van der Waals surface area contributed by atoms with Gasteiger partial charge in [0.15, 0.2) is 5.82 Å². The van der Waals surface area contributed by atoms with Crippen LogP contribution in [-0.4, -0.2) is 52.7 Å². The van der Waals surface area contributed by atoms with Gasteiger partial charge in [0, 0.05) is 51.5 Å². The van der Waals surface area contributed by atoms with E-state index < -0.39 is 6.04 Å². The predicted octanol–water partition coefficient (Wildman–Crippen LogP) is 4.76. The number of benzene rings is 1. The number of hydrogen-bond donors (Lipinski definition) is 3. The van der Waals surface area contributed by atoms with Gasteiger partial charge in [-0.3, -0.25) is 14.4 Å². The molecule has 11 heteroatoms. The van der Waals surface area contributed by atoms with E-state index in [1.165, 1.54) is 4.88 Å². The maximum absolute atomic E-state index is 13.1. The number of aryl methyl sites for hydroxylation is 2. The number of carbonyl (C=O) groups excluding carboxylic acids is 1. The molecule has 0 saturated heterocycles. The average molecular weight is 584 g/mol. The highest BCUT2D eigenvalue weighted by Gasteiger charge is 2.32. The highest BCUT2D eigenvalue weighted by atomic mass is 35.5. The standard InChI is InChI=1S/C29H38ClN7O2S/c1-7-39-16-29(5,6)15-32-13-22(31)14-33-24(38)12-23-27-36-35-19(4)37(27)28-25(17(2)18(3)40-28)26(34-23)20-8-10-21(30)11-9-20/h8-11,13,23,32H,7,12,14-16,31H2,1-6H3,(H,33,38)/b22-13-/t23-/m0/s1. The Kier molecular flexibility index (Phi) is 9.33. The van der Waals surface area contributed by atoms with Crippen molar-refractivity contribution in [3.8, 4) is 5.00 Å². The normalized spacial score (nSPS) is 15.2. The Labute approximate surface area is 244 Å². The van der Waals surface area contributed by atoms with Crippen LogP contribution in [0.5, 0.6) is 0 Å². The lowest BCUT2D eigenvalue weighted by Crippen LogP contribution is -2.33. The first-order chi connectivity index (χ1) is 19.0. The van der Waals surface area contributed by atoms with Crippen LogP contribution < -0.4 is 16.4 Å². The third kappa shape index (κ3) is 6.74. The number of hydrogen-bond acceptors (Lipinski definition) is 8. The van der Waals surface area contributed by atoms with Crippen molar-refractivity contribution in [2.45, 2.75) is 54.0 Å². The Bertz CT molecular complexity index is 1420. The lowest BCUT2D eigenvalue weighted by Gasteiger charge is -2.24. The molecule has 9 nitrogen and oxygen atoms in total.